The van der Waals surface area contributed by atoms with Crippen LogP contribution in [0.5, 0.6) is 0 Å². The molecule has 2 N–H and O–H groups in total. The molecule has 18 heavy (non-hydrogen) atoms. The fourth-order valence-electron chi connectivity index (χ4n) is 1.87. The van der Waals surface area contributed by atoms with Crippen LogP contribution in [-0.4, -0.2) is 24.9 Å². The molecule has 4 heteroatoms. The maximum Gasteiger partial charge on any atom is 0.171 e. The highest BCUT2D eigenvalue weighted by Gasteiger charge is 2.08. The third-order valence-corrected chi connectivity index (χ3v) is 2.99. The molecule has 0 aliphatic carbocycles. The number of aryl methyl sites for hydroxylation is 2. The van der Waals surface area contributed by atoms with Crippen LogP contribution in [0.4, 0.5) is 5.69 Å². The van der Waals surface area contributed by atoms with Crippen molar-refractivity contribution < 1.29 is 4.74 Å². The van der Waals surface area contributed by atoms with Crippen molar-refractivity contribution in [1.82, 2.24) is 5.32 Å². The normalized spacial score (nSPS) is 12.0. The molecule has 3 nitrogen and oxygen atoms in total. The second kappa shape index (κ2) is 7.34. The van der Waals surface area contributed by atoms with E-state index in [0.717, 1.165) is 12.1 Å². The van der Waals surface area contributed by atoms with E-state index in [-0.39, 0.29) is 6.04 Å². The first-order chi connectivity index (χ1) is 8.58. The van der Waals surface area contributed by atoms with Gasteiger partial charge in [-0.3, -0.25) is 0 Å². The van der Waals surface area contributed by atoms with E-state index in [1.54, 1.807) is 7.11 Å². The van der Waals surface area contributed by atoms with E-state index >= 15 is 0 Å². The SMILES string of the molecule is CCc1cccc(C)c1NC(=S)NC(C)COC. The molecule has 0 aliphatic rings. The lowest BCUT2D eigenvalue weighted by molar-refractivity contribution is 0.179. The van der Waals surface area contributed by atoms with Gasteiger partial charge in [0.2, 0.25) is 0 Å². The van der Waals surface area contributed by atoms with E-state index in [4.69, 9.17) is 17.0 Å². The average Bonchev–Trinajstić information content (AvgIpc) is 2.31. The number of anilines is 1. The smallest absolute Gasteiger partial charge is 0.171 e. The highest BCUT2D eigenvalue weighted by molar-refractivity contribution is 7.80. The van der Waals surface area contributed by atoms with Crippen LogP contribution in [0, 0.1) is 6.92 Å². The Balaban J connectivity index is 2.69. The first kappa shape index (κ1) is 14.9. The Morgan fingerprint density at radius 1 is 1.44 bits per heavy atom. The first-order valence-electron chi connectivity index (χ1n) is 6.23. The third-order valence-electron chi connectivity index (χ3n) is 2.77. The zero-order chi connectivity index (χ0) is 13.5. The fourth-order valence-corrected chi connectivity index (χ4v) is 2.17. The highest BCUT2D eigenvalue weighted by Crippen LogP contribution is 2.20. The molecular weight excluding hydrogens is 244 g/mol. The summed E-state index contributed by atoms with van der Waals surface area (Å²) in [5, 5.41) is 7.13. The molecular formula is C14H22N2OS. The quantitative estimate of drug-likeness (QED) is 0.803. The Labute approximate surface area is 115 Å². The minimum Gasteiger partial charge on any atom is -0.383 e. The van der Waals surface area contributed by atoms with Gasteiger partial charge in [0.25, 0.3) is 0 Å². The second-order valence-corrected chi connectivity index (χ2v) is 4.83. The van der Waals surface area contributed by atoms with Crippen LogP contribution >= 0.6 is 12.2 Å². The number of thiocarbonyl (C=S) groups is 1. The summed E-state index contributed by atoms with van der Waals surface area (Å²) in [5.41, 5.74) is 3.60. The molecule has 100 valence electrons. The predicted molar refractivity (Wildman–Crippen MR) is 81.3 cm³/mol. The van der Waals surface area contributed by atoms with E-state index in [1.807, 2.05) is 6.92 Å². The van der Waals surface area contributed by atoms with Crippen molar-refractivity contribution in [3.63, 3.8) is 0 Å². The first-order valence-corrected chi connectivity index (χ1v) is 6.64. The molecule has 0 saturated carbocycles. The molecule has 1 unspecified atom stereocenters. The molecule has 0 saturated heterocycles. The van der Waals surface area contributed by atoms with Gasteiger partial charge < -0.3 is 15.4 Å². The third kappa shape index (κ3) is 4.27. The average molecular weight is 266 g/mol. The number of ether oxygens (including phenoxy) is 1. The topological polar surface area (TPSA) is 33.3 Å². The summed E-state index contributed by atoms with van der Waals surface area (Å²) in [5.74, 6) is 0. The van der Waals surface area contributed by atoms with Gasteiger partial charge in [0.15, 0.2) is 5.11 Å². The Morgan fingerprint density at radius 2 is 2.17 bits per heavy atom. The molecule has 0 fully saturated rings. The van der Waals surface area contributed by atoms with Gasteiger partial charge in [-0.05, 0) is 43.6 Å². The van der Waals surface area contributed by atoms with Crippen LogP contribution in [0.25, 0.3) is 0 Å². The van der Waals surface area contributed by atoms with E-state index in [1.165, 1.54) is 11.1 Å². The minimum atomic E-state index is 0.198. The monoisotopic (exact) mass is 266 g/mol. The summed E-state index contributed by atoms with van der Waals surface area (Å²) in [6, 6.07) is 6.48. The predicted octanol–water partition coefficient (Wildman–Crippen LogP) is 2.88. The number of nitrogens with one attached hydrogen (secondary N) is 2. The molecule has 0 amide bonds. The minimum absolute atomic E-state index is 0.198. The van der Waals surface area contributed by atoms with Gasteiger partial charge in [-0.2, -0.15) is 0 Å². The fraction of sp³-hybridized carbons (Fsp3) is 0.500. The lowest BCUT2D eigenvalue weighted by atomic mass is 10.1. The molecule has 1 rings (SSSR count). The zero-order valence-electron chi connectivity index (χ0n) is 11.5. The van der Waals surface area contributed by atoms with E-state index in [9.17, 15) is 0 Å². The van der Waals surface area contributed by atoms with Gasteiger partial charge in [0.05, 0.1) is 6.61 Å². The molecule has 0 bridgehead atoms. The summed E-state index contributed by atoms with van der Waals surface area (Å²) in [4.78, 5) is 0. The maximum atomic E-state index is 5.32. The maximum absolute atomic E-state index is 5.32. The van der Waals surface area contributed by atoms with Crippen molar-refractivity contribution in [2.45, 2.75) is 33.2 Å². The summed E-state index contributed by atoms with van der Waals surface area (Å²) < 4.78 is 5.07. The molecule has 0 spiro atoms. The van der Waals surface area contributed by atoms with Crippen LogP contribution in [0.3, 0.4) is 0 Å². The van der Waals surface area contributed by atoms with Gasteiger partial charge in [0.1, 0.15) is 0 Å². The molecule has 1 atom stereocenters. The Morgan fingerprint density at radius 3 is 2.78 bits per heavy atom. The van der Waals surface area contributed by atoms with Crippen LogP contribution in [-0.2, 0) is 11.2 Å². The molecule has 0 heterocycles. The number of hydrogen-bond donors (Lipinski definition) is 2. The van der Waals surface area contributed by atoms with Crippen molar-refractivity contribution in [1.29, 1.82) is 0 Å². The number of benzene rings is 1. The van der Waals surface area contributed by atoms with E-state index in [0.29, 0.717) is 11.7 Å². The molecule has 1 aromatic rings. The van der Waals surface area contributed by atoms with Crippen molar-refractivity contribution in [2.24, 2.45) is 0 Å². The Kier molecular flexibility index (Phi) is 6.09. The van der Waals surface area contributed by atoms with Gasteiger partial charge in [-0.25, -0.2) is 0 Å². The van der Waals surface area contributed by atoms with Crippen LogP contribution < -0.4 is 10.6 Å². The molecule has 0 aromatic heterocycles. The lowest BCUT2D eigenvalue weighted by Crippen LogP contribution is -2.38. The van der Waals surface area contributed by atoms with Gasteiger partial charge in [0, 0.05) is 18.8 Å². The van der Waals surface area contributed by atoms with Crippen molar-refractivity contribution in [2.75, 3.05) is 19.0 Å². The second-order valence-electron chi connectivity index (χ2n) is 4.42. The Hall–Kier alpha value is -1.13. The summed E-state index contributed by atoms with van der Waals surface area (Å²) in [6.07, 6.45) is 0.986. The summed E-state index contributed by atoms with van der Waals surface area (Å²) >= 11 is 5.32. The van der Waals surface area contributed by atoms with Crippen molar-refractivity contribution in [3.8, 4) is 0 Å². The van der Waals surface area contributed by atoms with Crippen molar-refractivity contribution in [3.05, 3.63) is 29.3 Å². The molecule has 1 aromatic carbocycles. The van der Waals surface area contributed by atoms with Crippen LogP contribution in [0.2, 0.25) is 0 Å². The number of methoxy groups -OCH3 is 1. The molecule has 0 radical (unpaired) electrons. The Bertz CT molecular complexity index is 407. The van der Waals surface area contributed by atoms with E-state index < -0.39 is 0 Å². The standard InChI is InChI=1S/C14H22N2OS/c1-5-12-8-6-7-10(2)13(12)16-14(18)15-11(3)9-17-4/h6-8,11H,5,9H2,1-4H3,(H2,15,16,18). The van der Waals surface area contributed by atoms with Crippen LogP contribution in [0.15, 0.2) is 18.2 Å². The van der Waals surface area contributed by atoms with Gasteiger partial charge in [-0.1, -0.05) is 25.1 Å². The van der Waals surface area contributed by atoms with Crippen LogP contribution in [0.1, 0.15) is 25.0 Å². The largest absolute Gasteiger partial charge is 0.383 e. The summed E-state index contributed by atoms with van der Waals surface area (Å²) in [7, 11) is 1.69. The number of para-hydroxylation sites is 1. The lowest BCUT2D eigenvalue weighted by Gasteiger charge is -2.19. The molecule has 0 aliphatic heterocycles. The van der Waals surface area contributed by atoms with Gasteiger partial charge in [-0.15, -0.1) is 0 Å². The van der Waals surface area contributed by atoms with Gasteiger partial charge >= 0.3 is 0 Å². The van der Waals surface area contributed by atoms with E-state index in [2.05, 4.69) is 42.7 Å². The zero-order valence-corrected chi connectivity index (χ0v) is 12.4. The number of hydrogen-bond acceptors (Lipinski definition) is 2. The summed E-state index contributed by atoms with van der Waals surface area (Å²) in [6.45, 7) is 6.90. The highest BCUT2D eigenvalue weighted by atomic mass is 32.1. The number of rotatable bonds is 5. The van der Waals surface area contributed by atoms with Crippen molar-refractivity contribution >= 4 is 23.0 Å².